The average molecular weight is 510 g/mol. The third-order valence-corrected chi connectivity index (χ3v) is 8.74. The van der Waals surface area contributed by atoms with Crippen molar-refractivity contribution in [2.75, 3.05) is 26.2 Å². The van der Waals surface area contributed by atoms with Gasteiger partial charge in [-0.1, -0.05) is 72.2 Å². The third-order valence-electron chi connectivity index (χ3n) is 6.63. The summed E-state index contributed by atoms with van der Waals surface area (Å²) in [5.74, 6) is 0. The zero-order valence-electron chi connectivity index (χ0n) is 20.5. The fourth-order valence-electron chi connectivity index (χ4n) is 4.50. The maximum atomic E-state index is 14.0. The van der Waals surface area contributed by atoms with Crippen LogP contribution in [-0.2, 0) is 21.2 Å². The van der Waals surface area contributed by atoms with Gasteiger partial charge in [-0.25, -0.2) is 0 Å². The van der Waals surface area contributed by atoms with Gasteiger partial charge in [-0.2, -0.15) is 4.55 Å². The summed E-state index contributed by atoms with van der Waals surface area (Å²) in [5, 5.41) is 4.82. The van der Waals surface area contributed by atoms with Crippen molar-refractivity contribution >= 4 is 43.5 Å². The van der Waals surface area contributed by atoms with Gasteiger partial charge in [0.05, 0.1) is 6.54 Å². The van der Waals surface area contributed by atoms with E-state index in [0.717, 1.165) is 54.2 Å². The quantitative estimate of drug-likeness (QED) is 0.168. The highest BCUT2D eigenvalue weighted by molar-refractivity contribution is 7.95. The van der Waals surface area contributed by atoms with Gasteiger partial charge in [-0.15, -0.1) is 0 Å². The molecule has 1 unspecified atom stereocenters. The van der Waals surface area contributed by atoms with Gasteiger partial charge in [0, 0.05) is 17.6 Å². The molecule has 1 N–H and O–H groups in total. The van der Waals surface area contributed by atoms with E-state index >= 15 is 0 Å². The third kappa shape index (κ3) is 6.29. The Kier molecular flexibility index (Phi) is 8.58. The van der Waals surface area contributed by atoms with E-state index in [0.29, 0.717) is 23.0 Å². The number of hydrogen-bond donors (Lipinski definition) is 1. The number of rotatable bonds is 11. The van der Waals surface area contributed by atoms with Gasteiger partial charge in [0.2, 0.25) is 4.90 Å². The molecule has 4 nitrogen and oxygen atoms in total. The van der Waals surface area contributed by atoms with Crippen molar-refractivity contribution in [3.8, 4) is 0 Å². The molecule has 1 atom stereocenters. The molecule has 4 aromatic carbocycles. The number of hydrogen-bond acceptors (Lipinski definition) is 2. The average Bonchev–Trinajstić information content (AvgIpc) is 2.87. The first kappa shape index (κ1) is 25.8. The second-order valence-corrected chi connectivity index (χ2v) is 11.3. The molecule has 4 rings (SSSR count). The topological polar surface area (TPSA) is 43.8 Å². The maximum Gasteiger partial charge on any atom is 0.326 e. The van der Waals surface area contributed by atoms with Crippen molar-refractivity contribution in [3.63, 3.8) is 0 Å². The van der Waals surface area contributed by atoms with Gasteiger partial charge in [-0.05, 0) is 94.1 Å². The minimum Gasteiger partial charge on any atom is -0.304 e. The van der Waals surface area contributed by atoms with Crippen LogP contribution in [0.4, 0.5) is 0 Å². The van der Waals surface area contributed by atoms with E-state index in [4.69, 9.17) is 11.6 Å². The van der Waals surface area contributed by atoms with Gasteiger partial charge in [0.1, 0.15) is 0 Å². The molecule has 0 aliphatic rings. The lowest BCUT2D eigenvalue weighted by molar-refractivity contribution is 0.286. The van der Waals surface area contributed by atoms with Crippen molar-refractivity contribution in [2.24, 2.45) is 0 Å². The molecule has 0 aliphatic heterocycles. The van der Waals surface area contributed by atoms with Crippen LogP contribution in [0.3, 0.4) is 0 Å². The molecule has 184 valence electrons. The lowest BCUT2D eigenvalue weighted by Gasteiger charge is -2.22. The number of halogens is 1. The number of fused-ring (bicyclic) bond motifs is 2. The van der Waals surface area contributed by atoms with E-state index in [9.17, 15) is 8.76 Å². The SMILES string of the molecule is CCN(CC)CCCCN(Cc1ccc2ccccc2c1)[S+](=O)(O)c1ccc2cc(Cl)ccc2c1. The summed E-state index contributed by atoms with van der Waals surface area (Å²) in [6.07, 6.45) is 1.84. The van der Waals surface area contributed by atoms with Gasteiger partial charge in [0.15, 0.2) is 0 Å². The Morgan fingerprint density at radius 2 is 1.40 bits per heavy atom. The number of benzene rings is 4. The van der Waals surface area contributed by atoms with Crippen molar-refractivity contribution in [3.05, 3.63) is 89.4 Å². The zero-order chi connectivity index (χ0) is 24.8. The van der Waals surface area contributed by atoms with Crippen molar-refractivity contribution in [1.82, 2.24) is 9.21 Å². The van der Waals surface area contributed by atoms with E-state index in [1.165, 1.54) is 5.39 Å². The van der Waals surface area contributed by atoms with Gasteiger partial charge in [0.25, 0.3) is 0 Å². The molecular weight excluding hydrogens is 476 g/mol. The highest BCUT2D eigenvalue weighted by atomic mass is 35.5. The van der Waals surface area contributed by atoms with Crippen LogP contribution in [0.5, 0.6) is 0 Å². The van der Waals surface area contributed by atoms with Gasteiger partial charge in [-0.3, -0.25) is 0 Å². The predicted octanol–water partition coefficient (Wildman–Crippen LogP) is 7.52. The van der Waals surface area contributed by atoms with Crippen LogP contribution < -0.4 is 0 Å². The Morgan fingerprint density at radius 3 is 2.17 bits per heavy atom. The molecule has 0 amide bonds. The fourth-order valence-corrected chi connectivity index (χ4v) is 6.21. The second-order valence-electron chi connectivity index (χ2n) is 8.93. The van der Waals surface area contributed by atoms with E-state index in [2.05, 4.69) is 49.1 Å². The minimum absolute atomic E-state index is 0.407. The van der Waals surface area contributed by atoms with E-state index < -0.39 is 10.4 Å². The van der Waals surface area contributed by atoms with Crippen molar-refractivity contribution < 1.29 is 8.76 Å². The molecule has 0 heterocycles. The molecule has 0 aliphatic carbocycles. The molecule has 0 saturated heterocycles. The van der Waals surface area contributed by atoms with Crippen LogP contribution in [0, 0.1) is 0 Å². The monoisotopic (exact) mass is 509 g/mol. The van der Waals surface area contributed by atoms with Crippen molar-refractivity contribution in [2.45, 2.75) is 38.1 Å². The van der Waals surface area contributed by atoms with Crippen LogP contribution in [-0.4, -0.2) is 39.9 Å². The molecule has 0 aromatic heterocycles. The largest absolute Gasteiger partial charge is 0.326 e. The molecule has 0 spiro atoms. The van der Waals surface area contributed by atoms with Crippen LogP contribution in [0.2, 0.25) is 5.02 Å². The molecule has 0 bridgehead atoms. The van der Waals surface area contributed by atoms with E-state index in [1.807, 2.05) is 42.5 Å². The molecule has 0 saturated carbocycles. The Bertz CT molecular complexity index is 1340. The first-order valence-electron chi connectivity index (χ1n) is 12.3. The molecule has 0 fully saturated rings. The fraction of sp³-hybridized carbons (Fsp3) is 0.310. The smallest absolute Gasteiger partial charge is 0.304 e. The minimum atomic E-state index is -3.43. The Hall–Kier alpha value is -2.28. The first-order chi connectivity index (χ1) is 16.9. The summed E-state index contributed by atoms with van der Waals surface area (Å²) in [6.45, 7) is 8.34. The number of nitrogens with zero attached hydrogens (tertiary/aromatic N) is 2. The molecule has 4 aromatic rings. The summed E-state index contributed by atoms with van der Waals surface area (Å²) in [6, 6.07) is 25.5. The summed E-state index contributed by atoms with van der Waals surface area (Å²) in [5.41, 5.74) is 1.03. The normalized spacial score (nSPS) is 13.7. The van der Waals surface area contributed by atoms with E-state index in [1.54, 1.807) is 10.4 Å². The summed E-state index contributed by atoms with van der Waals surface area (Å²) >= 11 is 6.13. The Balaban J connectivity index is 1.60. The van der Waals surface area contributed by atoms with Gasteiger partial charge >= 0.3 is 10.4 Å². The Labute approximate surface area is 214 Å². The van der Waals surface area contributed by atoms with Gasteiger partial charge < -0.3 is 4.90 Å². The maximum absolute atomic E-state index is 14.0. The summed E-state index contributed by atoms with van der Waals surface area (Å²) < 4.78 is 27.2. The lowest BCUT2D eigenvalue weighted by Crippen LogP contribution is -2.36. The highest BCUT2D eigenvalue weighted by Crippen LogP contribution is 2.29. The summed E-state index contributed by atoms with van der Waals surface area (Å²) in [4.78, 5) is 2.81. The van der Waals surface area contributed by atoms with E-state index in [-0.39, 0.29) is 0 Å². The predicted molar refractivity (Wildman–Crippen MR) is 149 cm³/mol. The van der Waals surface area contributed by atoms with Crippen molar-refractivity contribution in [1.29, 1.82) is 0 Å². The number of unbranched alkanes of at least 4 members (excludes halogenated alkanes) is 1. The standard InChI is InChI=1S/C29H33ClN2O2S/c1-3-31(4-2)17-7-8-18-32(22-23-11-12-24-9-5-6-10-25(24)19-23)35(33,34)29-16-14-26-20-28(30)15-13-27(26)21-29/h5-6,9-16,19-21H,3-4,7-8,17-18,22H2,1-2H3/p+1. The molecular formula is C29H34ClN2O2S+. The zero-order valence-corrected chi connectivity index (χ0v) is 22.1. The molecule has 6 heteroatoms. The highest BCUT2D eigenvalue weighted by Gasteiger charge is 2.38. The van der Waals surface area contributed by atoms with Crippen LogP contribution in [0.1, 0.15) is 32.3 Å². The van der Waals surface area contributed by atoms with Crippen LogP contribution in [0.15, 0.2) is 83.8 Å². The molecule has 0 radical (unpaired) electrons. The van der Waals surface area contributed by atoms with Crippen LogP contribution in [0.25, 0.3) is 21.5 Å². The lowest BCUT2D eigenvalue weighted by atomic mass is 10.1. The summed E-state index contributed by atoms with van der Waals surface area (Å²) in [7, 11) is -3.43. The van der Waals surface area contributed by atoms with Crippen LogP contribution >= 0.6 is 11.6 Å². The Morgan fingerprint density at radius 1 is 0.771 bits per heavy atom. The second kappa shape index (κ2) is 11.6. The molecule has 35 heavy (non-hydrogen) atoms. The first-order valence-corrected chi connectivity index (χ1v) is 14.2.